The number of amides is 1. The van der Waals surface area contributed by atoms with E-state index in [0.717, 1.165) is 15.7 Å². The van der Waals surface area contributed by atoms with Crippen molar-refractivity contribution in [1.29, 1.82) is 0 Å². The van der Waals surface area contributed by atoms with E-state index in [0.29, 0.717) is 6.42 Å². The molecule has 1 unspecified atom stereocenters. The number of halogens is 1. The second-order valence-electron chi connectivity index (χ2n) is 3.65. The Kier molecular flexibility index (Phi) is 3.24. The first kappa shape index (κ1) is 11.1. The molecule has 1 heterocycles. The Morgan fingerprint density at radius 1 is 1.50 bits per heavy atom. The van der Waals surface area contributed by atoms with Gasteiger partial charge in [0.15, 0.2) is 0 Å². The summed E-state index contributed by atoms with van der Waals surface area (Å²) >= 11 is 3.37. The normalized spacial score (nSPS) is 19.1. The van der Waals surface area contributed by atoms with Crippen LogP contribution >= 0.6 is 15.9 Å². The Labute approximate surface area is 102 Å². The smallest absolute Gasteiger partial charge is 0.221 e. The fourth-order valence-electron chi connectivity index (χ4n) is 1.58. The summed E-state index contributed by atoms with van der Waals surface area (Å²) in [6.07, 6.45) is 0.629. The van der Waals surface area contributed by atoms with Crippen LogP contribution in [0.1, 0.15) is 18.4 Å². The van der Waals surface area contributed by atoms with Crippen molar-refractivity contribution in [2.24, 2.45) is 10.9 Å². The first-order valence-electron chi connectivity index (χ1n) is 4.92. The number of oxime groups is 1. The van der Waals surface area contributed by atoms with Gasteiger partial charge in [-0.3, -0.25) is 4.79 Å². The Balaban J connectivity index is 2.03. The van der Waals surface area contributed by atoms with Crippen LogP contribution in [0.25, 0.3) is 0 Å². The van der Waals surface area contributed by atoms with Gasteiger partial charge in [0.25, 0.3) is 0 Å². The summed E-state index contributed by atoms with van der Waals surface area (Å²) in [5, 5.41) is 3.96. The van der Waals surface area contributed by atoms with Crippen molar-refractivity contribution in [1.82, 2.24) is 0 Å². The average molecular weight is 283 g/mol. The highest BCUT2D eigenvalue weighted by Gasteiger charge is 2.23. The van der Waals surface area contributed by atoms with E-state index in [1.165, 1.54) is 0 Å². The monoisotopic (exact) mass is 282 g/mol. The maximum atomic E-state index is 10.7. The number of hydrogen-bond acceptors (Lipinski definition) is 3. The zero-order valence-electron chi connectivity index (χ0n) is 8.52. The molecule has 5 heteroatoms. The quantitative estimate of drug-likeness (QED) is 0.919. The minimum atomic E-state index is -0.364. The van der Waals surface area contributed by atoms with E-state index >= 15 is 0 Å². The van der Waals surface area contributed by atoms with E-state index in [1.807, 2.05) is 24.3 Å². The molecule has 1 aliphatic heterocycles. The summed E-state index contributed by atoms with van der Waals surface area (Å²) < 4.78 is 1.02. The van der Waals surface area contributed by atoms with E-state index in [2.05, 4.69) is 21.1 Å². The Morgan fingerprint density at radius 3 is 2.81 bits per heavy atom. The minimum absolute atomic E-state index is 0.212. The van der Waals surface area contributed by atoms with Crippen LogP contribution in [0.2, 0.25) is 0 Å². The molecule has 1 aromatic carbocycles. The molecule has 0 fully saturated rings. The van der Waals surface area contributed by atoms with Gasteiger partial charge < -0.3 is 10.6 Å². The molecule has 1 atom stereocenters. The van der Waals surface area contributed by atoms with Gasteiger partial charge in [-0.05, 0) is 17.7 Å². The molecule has 0 spiro atoms. The number of benzene rings is 1. The predicted molar refractivity (Wildman–Crippen MR) is 64.0 cm³/mol. The lowest BCUT2D eigenvalue weighted by Gasteiger charge is -2.03. The van der Waals surface area contributed by atoms with Crippen LogP contribution < -0.4 is 5.73 Å². The van der Waals surface area contributed by atoms with Crippen molar-refractivity contribution >= 4 is 27.5 Å². The van der Waals surface area contributed by atoms with Crippen molar-refractivity contribution < 1.29 is 9.63 Å². The predicted octanol–water partition coefficient (Wildman–Crippen LogP) is 1.82. The van der Waals surface area contributed by atoms with Crippen molar-refractivity contribution in [2.45, 2.75) is 18.9 Å². The van der Waals surface area contributed by atoms with E-state index in [4.69, 9.17) is 10.6 Å². The van der Waals surface area contributed by atoms with Gasteiger partial charge in [0.05, 0.1) is 12.1 Å². The SMILES string of the molecule is NC(=O)CC1CC(c2ccc(Br)cc2)=NO1. The average Bonchev–Trinajstić information content (AvgIpc) is 2.66. The van der Waals surface area contributed by atoms with Gasteiger partial charge in [0.1, 0.15) is 6.10 Å². The molecule has 0 saturated carbocycles. The third-order valence-electron chi connectivity index (χ3n) is 2.34. The van der Waals surface area contributed by atoms with Gasteiger partial charge in [-0.2, -0.15) is 0 Å². The zero-order valence-corrected chi connectivity index (χ0v) is 10.1. The molecule has 0 bridgehead atoms. The van der Waals surface area contributed by atoms with Gasteiger partial charge in [-0.15, -0.1) is 0 Å². The fraction of sp³-hybridized carbons (Fsp3) is 0.273. The summed E-state index contributed by atoms with van der Waals surface area (Å²) in [4.78, 5) is 15.9. The third kappa shape index (κ3) is 2.61. The zero-order chi connectivity index (χ0) is 11.5. The van der Waals surface area contributed by atoms with Crippen molar-refractivity contribution in [2.75, 3.05) is 0 Å². The van der Waals surface area contributed by atoms with E-state index < -0.39 is 0 Å². The number of carbonyl (C=O) groups excluding carboxylic acids is 1. The van der Waals surface area contributed by atoms with Crippen LogP contribution in [0, 0.1) is 0 Å². The highest BCUT2D eigenvalue weighted by molar-refractivity contribution is 9.10. The maximum absolute atomic E-state index is 10.7. The van der Waals surface area contributed by atoms with Gasteiger partial charge >= 0.3 is 0 Å². The van der Waals surface area contributed by atoms with Gasteiger partial charge in [0.2, 0.25) is 5.91 Å². The summed E-state index contributed by atoms with van der Waals surface area (Å²) in [5.74, 6) is -0.364. The lowest BCUT2D eigenvalue weighted by Crippen LogP contribution is -2.20. The summed E-state index contributed by atoms with van der Waals surface area (Å²) in [6, 6.07) is 7.80. The number of nitrogens with two attached hydrogens (primary N) is 1. The highest BCUT2D eigenvalue weighted by Crippen LogP contribution is 2.20. The van der Waals surface area contributed by atoms with Crippen LogP contribution in [0.4, 0.5) is 0 Å². The number of nitrogens with zero attached hydrogens (tertiary/aromatic N) is 1. The molecular weight excluding hydrogens is 272 g/mol. The first-order chi connectivity index (χ1) is 7.65. The Hall–Kier alpha value is -1.36. The first-order valence-corrected chi connectivity index (χ1v) is 5.71. The summed E-state index contributed by atoms with van der Waals surface area (Å²) in [5.41, 5.74) is 6.97. The fourth-order valence-corrected chi connectivity index (χ4v) is 1.84. The van der Waals surface area contributed by atoms with E-state index in [9.17, 15) is 4.79 Å². The maximum Gasteiger partial charge on any atom is 0.221 e. The van der Waals surface area contributed by atoms with Crippen LogP contribution in [0.5, 0.6) is 0 Å². The van der Waals surface area contributed by atoms with E-state index in [1.54, 1.807) is 0 Å². The van der Waals surface area contributed by atoms with Crippen LogP contribution in [-0.4, -0.2) is 17.7 Å². The third-order valence-corrected chi connectivity index (χ3v) is 2.87. The molecule has 2 N–H and O–H groups in total. The van der Waals surface area contributed by atoms with Crippen LogP contribution in [0.15, 0.2) is 33.9 Å². The van der Waals surface area contributed by atoms with Crippen molar-refractivity contribution in [3.05, 3.63) is 34.3 Å². The molecule has 0 radical (unpaired) electrons. The second kappa shape index (κ2) is 4.65. The van der Waals surface area contributed by atoms with Gasteiger partial charge in [-0.1, -0.05) is 33.2 Å². The largest absolute Gasteiger partial charge is 0.391 e. The molecule has 0 aliphatic carbocycles. The molecule has 16 heavy (non-hydrogen) atoms. The summed E-state index contributed by atoms with van der Waals surface area (Å²) in [6.45, 7) is 0. The van der Waals surface area contributed by atoms with Gasteiger partial charge in [-0.25, -0.2) is 0 Å². The molecule has 1 aromatic rings. The Bertz CT molecular complexity index is 428. The topological polar surface area (TPSA) is 64.7 Å². The molecule has 84 valence electrons. The summed E-state index contributed by atoms with van der Waals surface area (Å²) in [7, 11) is 0. The number of primary amides is 1. The molecular formula is C11H11BrN2O2. The van der Waals surface area contributed by atoms with Gasteiger partial charge in [0, 0.05) is 10.9 Å². The number of carbonyl (C=O) groups is 1. The highest BCUT2D eigenvalue weighted by atomic mass is 79.9. The lowest BCUT2D eigenvalue weighted by molar-refractivity contribution is -0.120. The van der Waals surface area contributed by atoms with E-state index in [-0.39, 0.29) is 18.4 Å². The minimum Gasteiger partial charge on any atom is -0.391 e. The number of rotatable bonds is 3. The molecule has 0 saturated heterocycles. The van der Waals surface area contributed by atoms with Crippen LogP contribution in [-0.2, 0) is 9.63 Å². The Morgan fingerprint density at radius 2 is 2.19 bits per heavy atom. The molecule has 0 aromatic heterocycles. The standard InChI is InChI=1S/C11H11BrN2O2/c12-8-3-1-7(2-4-8)10-5-9(16-14-10)6-11(13)15/h1-4,9H,5-6H2,(H2,13,15). The molecule has 4 nitrogen and oxygen atoms in total. The molecule has 1 amide bonds. The van der Waals surface area contributed by atoms with Crippen LogP contribution in [0.3, 0.4) is 0 Å². The molecule has 2 rings (SSSR count). The number of hydrogen-bond donors (Lipinski definition) is 1. The van der Waals surface area contributed by atoms with Crippen molar-refractivity contribution in [3.63, 3.8) is 0 Å². The molecule has 1 aliphatic rings. The van der Waals surface area contributed by atoms with Crippen molar-refractivity contribution in [3.8, 4) is 0 Å². The lowest BCUT2D eigenvalue weighted by atomic mass is 10.0. The second-order valence-corrected chi connectivity index (χ2v) is 4.56.